The van der Waals surface area contributed by atoms with Crippen LogP contribution in [0.25, 0.3) is 0 Å². The number of aliphatic carboxylic acids is 1. The molecule has 7 nitrogen and oxygen atoms in total. The Bertz CT molecular complexity index is 413. The Morgan fingerprint density at radius 3 is 2.36 bits per heavy atom. The van der Waals surface area contributed by atoms with E-state index in [-0.39, 0.29) is 6.09 Å². The van der Waals surface area contributed by atoms with Crippen LogP contribution in [0, 0.1) is 0 Å². The molecule has 0 saturated carbocycles. The molecule has 0 aromatic carbocycles. The summed E-state index contributed by atoms with van der Waals surface area (Å²) >= 11 is 0. The fourth-order valence-corrected chi connectivity index (χ4v) is 2.89. The summed E-state index contributed by atoms with van der Waals surface area (Å²) in [5, 5.41) is 9.06. The molecule has 0 aromatic rings. The molecule has 0 aliphatic carbocycles. The first-order chi connectivity index (χ1) is 10.3. The van der Waals surface area contributed by atoms with Crippen molar-refractivity contribution in [1.29, 1.82) is 0 Å². The number of morpholine rings is 1. The monoisotopic (exact) mass is 314 g/mol. The van der Waals surface area contributed by atoms with Crippen molar-refractivity contribution in [1.82, 2.24) is 9.80 Å². The summed E-state index contributed by atoms with van der Waals surface area (Å²) in [6.45, 7) is 8.49. The maximum Gasteiger partial charge on any atom is 0.410 e. The average molecular weight is 314 g/mol. The minimum absolute atomic E-state index is 0.267. The molecule has 1 atom stereocenters. The molecule has 1 N–H and O–H groups in total. The van der Waals surface area contributed by atoms with Crippen molar-refractivity contribution in [3.05, 3.63) is 0 Å². The Kier molecular flexibility index (Phi) is 5.28. The topological polar surface area (TPSA) is 79.3 Å². The second-order valence-electron chi connectivity index (χ2n) is 6.89. The van der Waals surface area contributed by atoms with E-state index >= 15 is 0 Å². The fraction of sp³-hybridized carbons (Fsp3) is 0.867. The SMILES string of the molecule is CC(C)(C)OC(=O)N1CCC(N2CCOC(C(=O)O)C2)CC1. The molecule has 2 rings (SSSR count). The van der Waals surface area contributed by atoms with Crippen LogP contribution >= 0.6 is 0 Å². The zero-order valence-corrected chi connectivity index (χ0v) is 13.6. The van der Waals surface area contributed by atoms with Crippen molar-refractivity contribution in [3.63, 3.8) is 0 Å². The summed E-state index contributed by atoms with van der Waals surface area (Å²) in [6, 6.07) is 0.310. The number of carboxylic acids is 1. The highest BCUT2D eigenvalue weighted by Gasteiger charge is 2.33. The second-order valence-corrected chi connectivity index (χ2v) is 6.89. The zero-order valence-electron chi connectivity index (χ0n) is 13.6. The highest BCUT2D eigenvalue weighted by molar-refractivity contribution is 5.72. The number of carboxylic acid groups (broad SMARTS) is 1. The van der Waals surface area contributed by atoms with Gasteiger partial charge in [-0.25, -0.2) is 9.59 Å². The van der Waals surface area contributed by atoms with Crippen molar-refractivity contribution in [3.8, 4) is 0 Å². The van der Waals surface area contributed by atoms with Gasteiger partial charge in [0.1, 0.15) is 5.60 Å². The lowest BCUT2D eigenvalue weighted by molar-refractivity contribution is -0.157. The molecule has 0 radical (unpaired) electrons. The van der Waals surface area contributed by atoms with Crippen molar-refractivity contribution in [2.75, 3.05) is 32.8 Å². The molecule has 0 aromatic heterocycles. The fourth-order valence-electron chi connectivity index (χ4n) is 2.89. The first kappa shape index (κ1) is 17.0. The van der Waals surface area contributed by atoms with Crippen molar-refractivity contribution in [2.45, 2.75) is 51.4 Å². The molecule has 1 amide bonds. The van der Waals surface area contributed by atoms with Crippen LogP contribution in [0.5, 0.6) is 0 Å². The molecular formula is C15H26N2O5. The first-order valence-electron chi connectivity index (χ1n) is 7.82. The van der Waals surface area contributed by atoms with E-state index in [0.29, 0.717) is 32.3 Å². The van der Waals surface area contributed by atoms with Crippen LogP contribution in [0.1, 0.15) is 33.6 Å². The third-order valence-electron chi connectivity index (χ3n) is 4.01. The lowest BCUT2D eigenvalue weighted by Crippen LogP contribution is -2.54. The number of piperidine rings is 1. The molecule has 2 heterocycles. The number of likely N-dealkylation sites (tertiary alicyclic amines) is 1. The number of ether oxygens (including phenoxy) is 2. The van der Waals surface area contributed by atoms with Crippen LogP contribution < -0.4 is 0 Å². The van der Waals surface area contributed by atoms with Gasteiger partial charge in [0.25, 0.3) is 0 Å². The molecule has 0 bridgehead atoms. The van der Waals surface area contributed by atoms with Crippen LogP contribution in [-0.2, 0) is 14.3 Å². The molecule has 22 heavy (non-hydrogen) atoms. The summed E-state index contributed by atoms with van der Waals surface area (Å²) in [4.78, 5) is 27.0. The Morgan fingerprint density at radius 2 is 1.82 bits per heavy atom. The van der Waals surface area contributed by atoms with E-state index in [0.717, 1.165) is 19.4 Å². The predicted octanol–water partition coefficient (Wildman–Crippen LogP) is 1.17. The molecule has 1 unspecified atom stereocenters. The second kappa shape index (κ2) is 6.83. The minimum Gasteiger partial charge on any atom is -0.479 e. The van der Waals surface area contributed by atoms with Gasteiger partial charge in [-0.2, -0.15) is 0 Å². The number of carbonyl (C=O) groups excluding carboxylic acids is 1. The normalized spacial score (nSPS) is 25.0. The summed E-state index contributed by atoms with van der Waals surface area (Å²) in [7, 11) is 0. The number of rotatable bonds is 2. The Morgan fingerprint density at radius 1 is 1.18 bits per heavy atom. The number of amides is 1. The summed E-state index contributed by atoms with van der Waals surface area (Å²) < 4.78 is 10.6. The Balaban J connectivity index is 1.82. The van der Waals surface area contributed by atoms with E-state index in [1.165, 1.54) is 0 Å². The highest BCUT2D eigenvalue weighted by atomic mass is 16.6. The standard InChI is InChI=1S/C15H26N2O5/c1-15(2,3)22-14(20)16-6-4-11(5-7-16)17-8-9-21-12(10-17)13(18)19/h11-12H,4-10H2,1-3H3,(H,18,19). The molecule has 2 aliphatic rings. The zero-order chi connectivity index (χ0) is 16.3. The van der Waals surface area contributed by atoms with Gasteiger partial charge in [0.15, 0.2) is 6.10 Å². The van der Waals surface area contributed by atoms with Crippen LogP contribution in [0.15, 0.2) is 0 Å². The quantitative estimate of drug-likeness (QED) is 0.824. The van der Waals surface area contributed by atoms with Crippen LogP contribution in [-0.4, -0.2) is 77.5 Å². The maximum absolute atomic E-state index is 12.0. The van der Waals surface area contributed by atoms with Gasteiger partial charge in [-0.3, -0.25) is 4.90 Å². The van der Waals surface area contributed by atoms with Crippen LogP contribution in [0.2, 0.25) is 0 Å². The lowest BCUT2D eigenvalue weighted by Gasteiger charge is -2.41. The van der Waals surface area contributed by atoms with Crippen molar-refractivity contribution < 1.29 is 24.2 Å². The summed E-state index contributed by atoms with van der Waals surface area (Å²) in [5.41, 5.74) is -0.479. The maximum atomic E-state index is 12.0. The number of carbonyl (C=O) groups is 2. The van der Waals surface area contributed by atoms with Gasteiger partial charge in [-0.05, 0) is 33.6 Å². The van der Waals surface area contributed by atoms with Crippen LogP contribution in [0.4, 0.5) is 4.79 Å². The largest absolute Gasteiger partial charge is 0.479 e. The van der Waals surface area contributed by atoms with Gasteiger partial charge in [0.2, 0.25) is 0 Å². The molecule has 2 saturated heterocycles. The summed E-state index contributed by atoms with van der Waals surface area (Å²) in [6.07, 6.45) is 0.672. The minimum atomic E-state index is -0.907. The lowest BCUT2D eigenvalue weighted by atomic mass is 10.0. The van der Waals surface area contributed by atoms with E-state index in [2.05, 4.69) is 4.90 Å². The summed E-state index contributed by atoms with van der Waals surface area (Å²) in [5.74, 6) is -0.907. The van der Waals surface area contributed by atoms with E-state index < -0.39 is 17.7 Å². The van der Waals surface area contributed by atoms with Crippen molar-refractivity contribution in [2.24, 2.45) is 0 Å². The molecule has 2 aliphatic heterocycles. The van der Waals surface area contributed by atoms with E-state index in [1.54, 1.807) is 4.90 Å². The Labute approximate surface area is 131 Å². The van der Waals surface area contributed by atoms with E-state index in [4.69, 9.17) is 14.6 Å². The third-order valence-corrected chi connectivity index (χ3v) is 4.01. The van der Waals surface area contributed by atoms with Gasteiger partial charge in [0, 0.05) is 32.2 Å². The average Bonchev–Trinajstić information content (AvgIpc) is 2.46. The van der Waals surface area contributed by atoms with Gasteiger partial charge in [-0.15, -0.1) is 0 Å². The number of hydrogen-bond donors (Lipinski definition) is 1. The number of hydrogen-bond acceptors (Lipinski definition) is 5. The molecule has 7 heteroatoms. The van der Waals surface area contributed by atoms with E-state index in [9.17, 15) is 9.59 Å². The predicted molar refractivity (Wildman–Crippen MR) is 79.8 cm³/mol. The smallest absolute Gasteiger partial charge is 0.410 e. The highest BCUT2D eigenvalue weighted by Crippen LogP contribution is 2.21. The van der Waals surface area contributed by atoms with Crippen LogP contribution in [0.3, 0.4) is 0 Å². The van der Waals surface area contributed by atoms with E-state index in [1.807, 2.05) is 20.8 Å². The van der Waals surface area contributed by atoms with Gasteiger partial charge < -0.3 is 19.5 Å². The Hall–Kier alpha value is -1.34. The van der Waals surface area contributed by atoms with Crippen molar-refractivity contribution >= 4 is 12.1 Å². The molecule has 2 fully saturated rings. The third kappa shape index (κ3) is 4.58. The molecular weight excluding hydrogens is 288 g/mol. The molecule has 0 spiro atoms. The first-order valence-corrected chi connectivity index (χ1v) is 7.82. The van der Waals surface area contributed by atoms with Gasteiger partial charge in [0.05, 0.1) is 6.61 Å². The number of nitrogens with zero attached hydrogens (tertiary/aromatic N) is 2. The van der Waals surface area contributed by atoms with Gasteiger partial charge in [-0.1, -0.05) is 0 Å². The van der Waals surface area contributed by atoms with Gasteiger partial charge >= 0.3 is 12.1 Å². The molecule has 126 valence electrons.